The number of nitrogens with one attached hydrogen (secondary N) is 1. The predicted octanol–water partition coefficient (Wildman–Crippen LogP) is 1.54. The smallest absolute Gasteiger partial charge is 0.226 e. The van der Waals surface area contributed by atoms with Crippen molar-refractivity contribution in [3.05, 3.63) is 30.1 Å². The minimum absolute atomic E-state index is 0.0529. The Morgan fingerprint density at radius 3 is 3.00 bits per heavy atom. The van der Waals surface area contributed by atoms with Crippen LogP contribution < -0.4 is 5.32 Å². The van der Waals surface area contributed by atoms with Crippen molar-refractivity contribution in [2.75, 3.05) is 6.54 Å². The van der Waals surface area contributed by atoms with Crippen LogP contribution in [0.2, 0.25) is 0 Å². The quantitative estimate of drug-likeness (QED) is 0.719. The summed E-state index contributed by atoms with van der Waals surface area (Å²) in [5, 5.41) is 2.85. The molecule has 0 unspecified atom stereocenters. The topological polar surface area (TPSA) is 42.0 Å². The Morgan fingerprint density at radius 1 is 1.50 bits per heavy atom. The molecular formula is C11H16N2O. The molecule has 0 spiro atoms. The van der Waals surface area contributed by atoms with Gasteiger partial charge in [-0.05, 0) is 18.6 Å². The van der Waals surface area contributed by atoms with Gasteiger partial charge in [0.1, 0.15) is 0 Å². The van der Waals surface area contributed by atoms with Gasteiger partial charge in [0.25, 0.3) is 0 Å². The third kappa shape index (κ3) is 4.03. The van der Waals surface area contributed by atoms with E-state index in [1.165, 1.54) is 0 Å². The van der Waals surface area contributed by atoms with Crippen molar-refractivity contribution in [3.8, 4) is 0 Å². The van der Waals surface area contributed by atoms with Gasteiger partial charge in [0.2, 0.25) is 5.91 Å². The Bertz CT molecular complexity index is 272. The van der Waals surface area contributed by atoms with E-state index in [1.807, 2.05) is 18.2 Å². The summed E-state index contributed by atoms with van der Waals surface area (Å²) >= 11 is 0. The molecule has 76 valence electrons. The van der Waals surface area contributed by atoms with Gasteiger partial charge in [0, 0.05) is 18.4 Å². The van der Waals surface area contributed by atoms with Crippen LogP contribution in [0, 0.1) is 0 Å². The van der Waals surface area contributed by atoms with E-state index in [0.29, 0.717) is 6.42 Å². The highest BCUT2D eigenvalue weighted by atomic mass is 16.1. The van der Waals surface area contributed by atoms with Crippen LogP contribution in [0.25, 0.3) is 0 Å². The van der Waals surface area contributed by atoms with E-state index < -0.39 is 0 Å². The van der Waals surface area contributed by atoms with Gasteiger partial charge in [-0.3, -0.25) is 9.78 Å². The number of carbonyl (C=O) groups is 1. The molecule has 1 rings (SSSR count). The van der Waals surface area contributed by atoms with Crippen molar-refractivity contribution in [1.29, 1.82) is 0 Å². The fourth-order valence-electron chi connectivity index (χ4n) is 1.13. The van der Waals surface area contributed by atoms with E-state index in [4.69, 9.17) is 0 Å². The largest absolute Gasteiger partial charge is 0.356 e. The average Bonchev–Trinajstić information content (AvgIpc) is 2.20. The first kappa shape index (κ1) is 10.7. The fraction of sp³-hybridized carbons (Fsp3) is 0.455. The highest BCUT2D eigenvalue weighted by Crippen LogP contribution is 1.94. The minimum atomic E-state index is 0.0529. The number of carbonyl (C=O) groups excluding carboxylic acids is 1. The maximum atomic E-state index is 11.3. The summed E-state index contributed by atoms with van der Waals surface area (Å²) in [5.41, 5.74) is 0.821. The first-order valence-electron chi connectivity index (χ1n) is 4.99. The molecule has 1 amide bonds. The summed E-state index contributed by atoms with van der Waals surface area (Å²) in [5.74, 6) is 0.0529. The zero-order valence-corrected chi connectivity index (χ0v) is 8.49. The van der Waals surface area contributed by atoms with Gasteiger partial charge in [-0.15, -0.1) is 0 Å². The first-order chi connectivity index (χ1) is 6.83. The van der Waals surface area contributed by atoms with Crippen LogP contribution in [0.5, 0.6) is 0 Å². The van der Waals surface area contributed by atoms with E-state index in [2.05, 4.69) is 17.2 Å². The van der Waals surface area contributed by atoms with E-state index in [-0.39, 0.29) is 5.91 Å². The molecule has 0 aliphatic carbocycles. The van der Waals surface area contributed by atoms with Gasteiger partial charge in [-0.25, -0.2) is 0 Å². The van der Waals surface area contributed by atoms with Gasteiger partial charge in [-0.1, -0.05) is 19.4 Å². The number of nitrogens with zero attached hydrogens (tertiary/aromatic N) is 1. The van der Waals surface area contributed by atoms with E-state index >= 15 is 0 Å². The monoisotopic (exact) mass is 192 g/mol. The Morgan fingerprint density at radius 2 is 2.36 bits per heavy atom. The molecule has 0 aliphatic rings. The second-order valence-electron chi connectivity index (χ2n) is 3.20. The molecule has 0 saturated carbocycles. The lowest BCUT2D eigenvalue weighted by atomic mass is 10.2. The zero-order valence-electron chi connectivity index (χ0n) is 8.49. The molecule has 1 N–H and O–H groups in total. The zero-order chi connectivity index (χ0) is 10.2. The van der Waals surface area contributed by atoms with E-state index in [1.54, 1.807) is 6.20 Å². The molecule has 0 aliphatic heterocycles. The van der Waals surface area contributed by atoms with Gasteiger partial charge >= 0.3 is 0 Å². The molecule has 0 aromatic carbocycles. The van der Waals surface area contributed by atoms with Crippen LogP contribution in [0.1, 0.15) is 25.5 Å². The number of unbranched alkanes of at least 4 members (excludes halogenated alkanes) is 1. The molecule has 1 aromatic rings. The van der Waals surface area contributed by atoms with Crippen molar-refractivity contribution in [2.24, 2.45) is 0 Å². The number of aromatic nitrogens is 1. The molecule has 3 nitrogen and oxygen atoms in total. The Labute approximate surface area is 84.6 Å². The molecule has 0 fully saturated rings. The van der Waals surface area contributed by atoms with Crippen LogP contribution in [0.15, 0.2) is 24.4 Å². The number of hydrogen-bond acceptors (Lipinski definition) is 2. The second kappa shape index (κ2) is 6.13. The molecule has 1 aromatic heterocycles. The molecule has 0 bridgehead atoms. The van der Waals surface area contributed by atoms with E-state index in [9.17, 15) is 4.79 Å². The van der Waals surface area contributed by atoms with Gasteiger partial charge < -0.3 is 5.32 Å². The molecule has 0 saturated heterocycles. The lowest BCUT2D eigenvalue weighted by Gasteiger charge is -2.03. The third-order valence-electron chi connectivity index (χ3n) is 1.92. The summed E-state index contributed by atoms with van der Waals surface area (Å²) in [6, 6.07) is 5.60. The van der Waals surface area contributed by atoms with Crippen LogP contribution >= 0.6 is 0 Å². The molecule has 0 radical (unpaired) electrons. The van der Waals surface area contributed by atoms with Gasteiger partial charge in [0.15, 0.2) is 0 Å². The Balaban J connectivity index is 2.27. The predicted molar refractivity (Wildman–Crippen MR) is 55.9 cm³/mol. The molecule has 1 heterocycles. The average molecular weight is 192 g/mol. The summed E-state index contributed by atoms with van der Waals surface area (Å²) in [6.45, 7) is 2.87. The standard InChI is InChI=1S/C11H16N2O/c1-2-3-7-13-11(14)9-10-6-4-5-8-12-10/h4-6,8H,2-3,7,9H2,1H3,(H,13,14). The van der Waals surface area contributed by atoms with Crippen molar-refractivity contribution in [1.82, 2.24) is 10.3 Å². The summed E-state index contributed by atoms with van der Waals surface area (Å²) < 4.78 is 0. The summed E-state index contributed by atoms with van der Waals surface area (Å²) in [7, 11) is 0. The normalized spacial score (nSPS) is 9.79. The second-order valence-corrected chi connectivity index (χ2v) is 3.20. The lowest BCUT2D eigenvalue weighted by molar-refractivity contribution is -0.120. The van der Waals surface area contributed by atoms with Crippen LogP contribution in [0.4, 0.5) is 0 Å². The number of pyridine rings is 1. The van der Waals surface area contributed by atoms with Crippen molar-refractivity contribution < 1.29 is 4.79 Å². The van der Waals surface area contributed by atoms with Crippen LogP contribution in [-0.4, -0.2) is 17.4 Å². The van der Waals surface area contributed by atoms with Gasteiger partial charge in [-0.2, -0.15) is 0 Å². The van der Waals surface area contributed by atoms with Crippen molar-refractivity contribution >= 4 is 5.91 Å². The maximum absolute atomic E-state index is 11.3. The summed E-state index contributed by atoms with van der Waals surface area (Å²) in [6.07, 6.45) is 4.22. The lowest BCUT2D eigenvalue weighted by Crippen LogP contribution is -2.26. The highest BCUT2D eigenvalue weighted by Gasteiger charge is 2.01. The third-order valence-corrected chi connectivity index (χ3v) is 1.92. The van der Waals surface area contributed by atoms with Crippen molar-refractivity contribution in [2.45, 2.75) is 26.2 Å². The van der Waals surface area contributed by atoms with Crippen LogP contribution in [-0.2, 0) is 11.2 Å². The molecule has 3 heteroatoms. The minimum Gasteiger partial charge on any atom is -0.356 e. The van der Waals surface area contributed by atoms with Crippen molar-refractivity contribution in [3.63, 3.8) is 0 Å². The van der Waals surface area contributed by atoms with Crippen LogP contribution in [0.3, 0.4) is 0 Å². The fourth-order valence-corrected chi connectivity index (χ4v) is 1.13. The molecule has 0 atom stereocenters. The number of hydrogen-bond donors (Lipinski definition) is 1. The highest BCUT2D eigenvalue weighted by molar-refractivity contribution is 5.77. The molecule has 14 heavy (non-hydrogen) atoms. The number of rotatable bonds is 5. The Hall–Kier alpha value is -1.38. The molecular weight excluding hydrogens is 176 g/mol. The van der Waals surface area contributed by atoms with E-state index in [0.717, 1.165) is 25.1 Å². The maximum Gasteiger partial charge on any atom is 0.226 e. The number of amides is 1. The summed E-state index contributed by atoms with van der Waals surface area (Å²) in [4.78, 5) is 15.4. The van der Waals surface area contributed by atoms with Gasteiger partial charge in [0.05, 0.1) is 6.42 Å². The SMILES string of the molecule is CCCCNC(=O)Cc1ccccn1. The Kier molecular flexibility index (Phi) is 4.69. The first-order valence-corrected chi connectivity index (χ1v) is 4.99.